The van der Waals surface area contributed by atoms with Crippen LogP contribution in [0, 0.1) is 6.92 Å². The zero-order chi connectivity index (χ0) is 14.5. The van der Waals surface area contributed by atoms with Gasteiger partial charge in [-0.15, -0.1) is 0 Å². The molecule has 0 saturated carbocycles. The summed E-state index contributed by atoms with van der Waals surface area (Å²) in [4.78, 5) is 22.9. The van der Waals surface area contributed by atoms with Crippen LogP contribution in [0.1, 0.15) is 31.8 Å². The molecule has 0 aromatic heterocycles. The van der Waals surface area contributed by atoms with Crippen molar-refractivity contribution in [3.63, 3.8) is 0 Å². The molecule has 0 amide bonds. The number of benzene rings is 2. The maximum absolute atomic E-state index is 11.9. The number of esters is 1. The molecular formula is C16H13O4-. The molecule has 0 aliphatic rings. The molecule has 2 aromatic carbocycles. The SMILES string of the molecule is Cc1ccccc1COC(=O)c1ccccc1C(=O)[O-]. The summed E-state index contributed by atoms with van der Waals surface area (Å²) in [5.74, 6) is -2.07. The molecule has 102 valence electrons. The van der Waals surface area contributed by atoms with Crippen molar-refractivity contribution in [3.05, 3.63) is 70.8 Å². The van der Waals surface area contributed by atoms with Gasteiger partial charge >= 0.3 is 5.97 Å². The van der Waals surface area contributed by atoms with Gasteiger partial charge in [-0.3, -0.25) is 0 Å². The summed E-state index contributed by atoms with van der Waals surface area (Å²) in [5.41, 5.74) is 1.73. The largest absolute Gasteiger partial charge is 0.545 e. The van der Waals surface area contributed by atoms with Crippen molar-refractivity contribution in [3.8, 4) is 0 Å². The number of aromatic carboxylic acids is 1. The van der Waals surface area contributed by atoms with Crippen LogP contribution in [0.2, 0.25) is 0 Å². The van der Waals surface area contributed by atoms with E-state index in [9.17, 15) is 14.7 Å². The summed E-state index contributed by atoms with van der Waals surface area (Å²) in [6.45, 7) is 2.02. The third-order valence-electron chi connectivity index (χ3n) is 2.99. The highest BCUT2D eigenvalue weighted by molar-refractivity contribution is 6.01. The summed E-state index contributed by atoms with van der Waals surface area (Å²) < 4.78 is 5.16. The quantitative estimate of drug-likeness (QED) is 0.792. The van der Waals surface area contributed by atoms with E-state index in [1.165, 1.54) is 18.2 Å². The van der Waals surface area contributed by atoms with E-state index in [1.807, 2.05) is 31.2 Å². The number of carbonyl (C=O) groups is 2. The second kappa shape index (κ2) is 6.02. The van der Waals surface area contributed by atoms with E-state index in [1.54, 1.807) is 6.07 Å². The van der Waals surface area contributed by atoms with Gasteiger partial charge in [-0.05, 0) is 24.1 Å². The average Bonchev–Trinajstić information content (AvgIpc) is 2.46. The molecule has 0 fully saturated rings. The lowest BCUT2D eigenvalue weighted by Crippen LogP contribution is -2.25. The first-order valence-corrected chi connectivity index (χ1v) is 6.11. The first-order chi connectivity index (χ1) is 9.59. The van der Waals surface area contributed by atoms with E-state index >= 15 is 0 Å². The highest BCUT2D eigenvalue weighted by atomic mass is 16.5. The molecule has 0 bridgehead atoms. The molecule has 0 unspecified atom stereocenters. The van der Waals surface area contributed by atoms with Crippen molar-refractivity contribution in [2.75, 3.05) is 0 Å². The fourth-order valence-electron chi connectivity index (χ4n) is 1.83. The Morgan fingerprint density at radius 1 is 1.00 bits per heavy atom. The second-order valence-electron chi connectivity index (χ2n) is 4.34. The molecule has 4 nitrogen and oxygen atoms in total. The van der Waals surface area contributed by atoms with Crippen molar-refractivity contribution in [1.82, 2.24) is 0 Å². The van der Waals surface area contributed by atoms with Crippen LogP contribution in [-0.2, 0) is 11.3 Å². The monoisotopic (exact) mass is 269 g/mol. The van der Waals surface area contributed by atoms with Gasteiger partial charge in [0.05, 0.1) is 11.5 Å². The van der Waals surface area contributed by atoms with Crippen LogP contribution in [0.25, 0.3) is 0 Å². The van der Waals surface area contributed by atoms with Gasteiger partial charge in [0.2, 0.25) is 0 Å². The number of carboxylic acid groups (broad SMARTS) is 1. The Morgan fingerprint density at radius 2 is 1.60 bits per heavy atom. The molecule has 0 heterocycles. The fraction of sp³-hybridized carbons (Fsp3) is 0.125. The highest BCUT2D eigenvalue weighted by Gasteiger charge is 2.13. The van der Waals surface area contributed by atoms with Gasteiger partial charge in [0.1, 0.15) is 6.61 Å². The molecule has 0 aliphatic heterocycles. The number of hydrogen-bond donors (Lipinski definition) is 0. The van der Waals surface area contributed by atoms with Crippen molar-refractivity contribution in [2.45, 2.75) is 13.5 Å². The summed E-state index contributed by atoms with van der Waals surface area (Å²) >= 11 is 0. The third kappa shape index (κ3) is 3.03. The third-order valence-corrected chi connectivity index (χ3v) is 2.99. The van der Waals surface area contributed by atoms with E-state index in [2.05, 4.69) is 0 Å². The molecule has 20 heavy (non-hydrogen) atoms. The van der Waals surface area contributed by atoms with Crippen LogP contribution in [0.15, 0.2) is 48.5 Å². The Balaban J connectivity index is 2.14. The van der Waals surface area contributed by atoms with Gasteiger partial charge in [0, 0.05) is 5.56 Å². The fourth-order valence-corrected chi connectivity index (χ4v) is 1.83. The highest BCUT2D eigenvalue weighted by Crippen LogP contribution is 2.13. The Bertz CT molecular complexity index is 646. The smallest absolute Gasteiger partial charge is 0.339 e. The zero-order valence-electron chi connectivity index (χ0n) is 11.0. The number of ether oxygens (including phenoxy) is 1. The molecule has 0 spiro atoms. The van der Waals surface area contributed by atoms with Gasteiger partial charge < -0.3 is 14.6 Å². The van der Waals surface area contributed by atoms with Crippen LogP contribution >= 0.6 is 0 Å². The molecule has 0 saturated heterocycles. The van der Waals surface area contributed by atoms with Crippen LogP contribution in [-0.4, -0.2) is 11.9 Å². The zero-order valence-corrected chi connectivity index (χ0v) is 11.0. The first kappa shape index (κ1) is 13.8. The molecular weight excluding hydrogens is 256 g/mol. The maximum Gasteiger partial charge on any atom is 0.339 e. The van der Waals surface area contributed by atoms with Crippen LogP contribution in [0.5, 0.6) is 0 Å². The Kier molecular flexibility index (Phi) is 4.15. The molecule has 4 heteroatoms. The molecule has 0 radical (unpaired) electrons. The number of carboxylic acids is 1. The predicted molar refractivity (Wildman–Crippen MR) is 71.1 cm³/mol. The molecule has 2 aromatic rings. The van der Waals surface area contributed by atoms with E-state index in [0.29, 0.717) is 0 Å². The molecule has 0 N–H and O–H groups in total. The lowest BCUT2D eigenvalue weighted by molar-refractivity contribution is -0.255. The van der Waals surface area contributed by atoms with Gasteiger partial charge in [-0.1, -0.05) is 42.5 Å². The normalized spacial score (nSPS) is 10.1. The van der Waals surface area contributed by atoms with Crippen LogP contribution < -0.4 is 5.11 Å². The van der Waals surface area contributed by atoms with E-state index in [0.717, 1.165) is 11.1 Å². The predicted octanol–water partition coefficient (Wildman–Crippen LogP) is 1.72. The summed E-state index contributed by atoms with van der Waals surface area (Å²) in [6.07, 6.45) is 0. The van der Waals surface area contributed by atoms with Crippen molar-refractivity contribution >= 4 is 11.9 Å². The van der Waals surface area contributed by atoms with Crippen molar-refractivity contribution < 1.29 is 19.4 Å². The van der Waals surface area contributed by atoms with E-state index < -0.39 is 11.9 Å². The molecule has 0 atom stereocenters. The van der Waals surface area contributed by atoms with Crippen LogP contribution in [0.3, 0.4) is 0 Å². The standard InChI is InChI=1S/C16H14O4/c1-11-6-2-3-7-12(11)10-20-16(19)14-9-5-4-8-13(14)15(17)18/h2-9H,10H2,1H3,(H,17,18)/p-1. The Labute approximate surface area is 116 Å². The van der Waals surface area contributed by atoms with Crippen molar-refractivity contribution in [1.29, 1.82) is 0 Å². The molecule has 2 rings (SSSR count). The van der Waals surface area contributed by atoms with E-state index in [4.69, 9.17) is 4.74 Å². The van der Waals surface area contributed by atoms with Gasteiger partial charge in [-0.2, -0.15) is 0 Å². The number of rotatable bonds is 4. The lowest BCUT2D eigenvalue weighted by Gasteiger charge is -2.11. The van der Waals surface area contributed by atoms with E-state index in [-0.39, 0.29) is 17.7 Å². The first-order valence-electron chi connectivity index (χ1n) is 6.11. The Hall–Kier alpha value is -2.62. The summed E-state index contributed by atoms with van der Waals surface area (Å²) in [5, 5.41) is 10.9. The van der Waals surface area contributed by atoms with Gasteiger partial charge in [0.15, 0.2) is 0 Å². The second-order valence-corrected chi connectivity index (χ2v) is 4.34. The topological polar surface area (TPSA) is 66.4 Å². The summed E-state index contributed by atoms with van der Waals surface area (Å²) in [7, 11) is 0. The number of carbonyl (C=O) groups excluding carboxylic acids is 2. The van der Waals surface area contributed by atoms with Gasteiger partial charge in [0.25, 0.3) is 0 Å². The summed E-state index contributed by atoms with van der Waals surface area (Å²) in [6, 6.07) is 13.4. The minimum atomic E-state index is -1.39. The minimum Gasteiger partial charge on any atom is -0.545 e. The van der Waals surface area contributed by atoms with Crippen molar-refractivity contribution in [2.24, 2.45) is 0 Å². The number of aryl methyl sites for hydroxylation is 1. The van der Waals surface area contributed by atoms with Gasteiger partial charge in [-0.25, -0.2) is 4.79 Å². The average molecular weight is 269 g/mol. The minimum absolute atomic E-state index is 0.00100. The Morgan fingerprint density at radius 3 is 2.25 bits per heavy atom. The maximum atomic E-state index is 11.9. The number of hydrogen-bond acceptors (Lipinski definition) is 4. The molecule has 0 aliphatic carbocycles. The lowest BCUT2D eigenvalue weighted by atomic mass is 10.1. The van der Waals surface area contributed by atoms with Crippen LogP contribution in [0.4, 0.5) is 0 Å².